The first-order valence-corrected chi connectivity index (χ1v) is 8.48. The number of hydrogen-bond donors (Lipinski definition) is 0. The van der Waals surface area contributed by atoms with Gasteiger partial charge in [-0.2, -0.15) is 0 Å². The van der Waals surface area contributed by atoms with E-state index in [-0.39, 0.29) is 5.41 Å². The van der Waals surface area contributed by atoms with Gasteiger partial charge in [0.15, 0.2) is 0 Å². The normalized spacial score (nSPS) is 18.5. The van der Waals surface area contributed by atoms with Crippen LogP contribution in [0, 0.1) is 6.92 Å². The number of benzene rings is 2. The van der Waals surface area contributed by atoms with Crippen molar-refractivity contribution in [3.8, 4) is 0 Å². The van der Waals surface area contributed by atoms with Crippen molar-refractivity contribution in [2.45, 2.75) is 45.1 Å². The smallest absolute Gasteiger partial charge is 0.0227 e. The zero-order chi connectivity index (χ0) is 15.6. The molecular weight excluding hydrogens is 266 g/mol. The Labute approximate surface area is 135 Å². The van der Waals surface area contributed by atoms with Crippen LogP contribution in [0.25, 0.3) is 0 Å². The molecule has 2 aromatic carbocycles. The number of likely N-dealkylation sites (tertiary alicyclic amines) is 1. The minimum Gasteiger partial charge on any atom is -0.301 e. The molecule has 0 amide bonds. The molecule has 0 aromatic heterocycles. The highest BCUT2D eigenvalue weighted by Crippen LogP contribution is 2.42. The van der Waals surface area contributed by atoms with Crippen molar-refractivity contribution in [1.82, 2.24) is 4.90 Å². The lowest BCUT2D eigenvalue weighted by Crippen LogP contribution is -2.45. The summed E-state index contributed by atoms with van der Waals surface area (Å²) in [5, 5.41) is 0. The fourth-order valence-corrected chi connectivity index (χ4v) is 3.80. The van der Waals surface area contributed by atoms with Crippen molar-refractivity contribution in [3.63, 3.8) is 0 Å². The van der Waals surface area contributed by atoms with Gasteiger partial charge in [-0.1, -0.05) is 60.2 Å². The van der Waals surface area contributed by atoms with Crippen LogP contribution < -0.4 is 0 Å². The highest BCUT2D eigenvalue weighted by Gasteiger charge is 2.38. The van der Waals surface area contributed by atoms with Crippen LogP contribution in [-0.2, 0) is 5.41 Å². The van der Waals surface area contributed by atoms with E-state index in [1.165, 1.54) is 42.6 Å². The Balaban J connectivity index is 1.99. The molecule has 0 spiro atoms. The number of nitrogens with zero attached hydrogens (tertiary/aromatic N) is 1. The molecule has 1 nitrogen and oxygen atoms in total. The molecule has 0 aliphatic carbocycles. The Morgan fingerprint density at radius 2 is 1.36 bits per heavy atom. The van der Waals surface area contributed by atoms with Gasteiger partial charge in [-0.15, -0.1) is 0 Å². The zero-order valence-corrected chi connectivity index (χ0v) is 14.0. The fraction of sp³-hybridized carbons (Fsp3) is 0.429. The molecule has 0 bridgehead atoms. The van der Waals surface area contributed by atoms with E-state index in [1.54, 1.807) is 0 Å². The maximum atomic E-state index is 2.61. The predicted octanol–water partition coefficient (Wildman–Crippen LogP) is 4.79. The summed E-state index contributed by atoms with van der Waals surface area (Å²) in [4.78, 5) is 2.61. The van der Waals surface area contributed by atoms with E-state index >= 15 is 0 Å². The lowest BCUT2D eigenvalue weighted by Gasteiger charge is -2.44. The molecule has 22 heavy (non-hydrogen) atoms. The van der Waals surface area contributed by atoms with Gasteiger partial charge >= 0.3 is 0 Å². The summed E-state index contributed by atoms with van der Waals surface area (Å²) >= 11 is 0. The van der Waals surface area contributed by atoms with Crippen LogP contribution in [0.3, 0.4) is 0 Å². The monoisotopic (exact) mass is 293 g/mol. The summed E-state index contributed by atoms with van der Waals surface area (Å²) in [6.07, 6.45) is 2.41. The van der Waals surface area contributed by atoms with E-state index in [0.29, 0.717) is 6.04 Å². The van der Waals surface area contributed by atoms with Gasteiger partial charge in [0, 0.05) is 11.5 Å². The van der Waals surface area contributed by atoms with Crippen LogP contribution in [0.2, 0.25) is 0 Å². The first kappa shape index (κ1) is 15.3. The van der Waals surface area contributed by atoms with Crippen LogP contribution in [-0.4, -0.2) is 24.0 Å². The lowest BCUT2D eigenvalue weighted by atomic mass is 9.68. The molecule has 116 valence electrons. The average Bonchev–Trinajstić information content (AvgIpc) is 2.56. The Hall–Kier alpha value is -1.60. The van der Waals surface area contributed by atoms with Crippen LogP contribution in [0.5, 0.6) is 0 Å². The minimum atomic E-state index is 0.181. The second-order valence-corrected chi connectivity index (χ2v) is 6.94. The van der Waals surface area contributed by atoms with Crippen LogP contribution in [0.1, 0.15) is 43.4 Å². The third kappa shape index (κ3) is 2.83. The Morgan fingerprint density at radius 1 is 0.818 bits per heavy atom. The summed E-state index contributed by atoms with van der Waals surface area (Å²) in [5.74, 6) is 0. The third-order valence-corrected chi connectivity index (χ3v) is 5.31. The Kier molecular flexibility index (Phi) is 4.35. The van der Waals surface area contributed by atoms with E-state index < -0.39 is 0 Å². The van der Waals surface area contributed by atoms with Gasteiger partial charge in [0.1, 0.15) is 0 Å². The maximum absolute atomic E-state index is 2.61. The van der Waals surface area contributed by atoms with Crippen molar-refractivity contribution in [2.75, 3.05) is 13.1 Å². The molecule has 1 fully saturated rings. The van der Waals surface area contributed by atoms with Crippen LogP contribution >= 0.6 is 0 Å². The SMILES string of the molecule is Cc1ccc(C2(c3ccccc3)CCN(C(C)C)CC2)cc1. The van der Waals surface area contributed by atoms with Crippen LogP contribution in [0.15, 0.2) is 54.6 Å². The van der Waals surface area contributed by atoms with Crippen molar-refractivity contribution in [2.24, 2.45) is 0 Å². The number of hydrogen-bond acceptors (Lipinski definition) is 1. The van der Waals surface area contributed by atoms with Crippen molar-refractivity contribution < 1.29 is 0 Å². The standard InChI is InChI=1S/C21H27N/c1-17(2)22-15-13-21(14-16-22,19-7-5-4-6-8-19)20-11-9-18(3)10-12-20/h4-12,17H,13-16H2,1-3H3. The predicted molar refractivity (Wildman–Crippen MR) is 94.3 cm³/mol. The molecule has 0 unspecified atom stereocenters. The topological polar surface area (TPSA) is 3.24 Å². The maximum Gasteiger partial charge on any atom is 0.0227 e. The van der Waals surface area contributed by atoms with Gasteiger partial charge in [-0.25, -0.2) is 0 Å². The molecular formula is C21H27N. The third-order valence-electron chi connectivity index (χ3n) is 5.31. The molecule has 0 N–H and O–H groups in total. The largest absolute Gasteiger partial charge is 0.301 e. The van der Waals surface area contributed by atoms with Crippen molar-refractivity contribution >= 4 is 0 Å². The molecule has 0 radical (unpaired) electrons. The highest BCUT2D eigenvalue weighted by atomic mass is 15.2. The summed E-state index contributed by atoms with van der Waals surface area (Å²) in [6.45, 7) is 9.14. The first-order valence-electron chi connectivity index (χ1n) is 8.48. The van der Waals surface area contributed by atoms with E-state index in [9.17, 15) is 0 Å². The molecule has 1 heterocycles. The van der Waals surface area contributed by atoms with Gasteiger partial charge < -0.3 is 4.90 Å². The van der Waals surface area contributed by atoms with Gasteiger partial charge in [-0.3, -0.25) is 0 Å². The van der Waals surface area contributed by atoms with E-state index in [1.807, 2.05) is 0 Å². The summed E-state index contributed by atoms with van der Waals surface area (Å²) in [7, 11) is 0. The zero-order valence-electron chi connectivity index (χ0n) is 14.0. The minimum absolute atomic E-state index is 0.181. The summed E-state index contributed by atoms with van der Waals surface area (Å²) in [6, 6.07) is 20.9. The fourth-order valence-electron chi connectivity index (χ4n) is 3.80. The molecule has 2 aromatic rings. The van der Waals surface area contributed by atoms with E-state index in [4.69, 9.17) is 0 Å². The van der Waals surface area contributed by atoms with Gasteiger partial charge in [0.2, 0.25) is 0 Å². The summed E-state index contributed by atoms with van der Waals surface area (Å²) < 4.78 is 0. The van der Waals surface area contributed by atoms with Gasteiger partial charge in [0.25, 0.3) is 0 Å². The molecule has 0 atom stereocenters. The lowest BCUT2D eigenvalue weighted by molar-refractivity contribution is 0.145. The van der Waals surface area contributed by atoms with Crippen LogP contribution in [0.4, 0.5) is 0 Å². The Morgan fingerprint density at radius 3 is 1.91 bits per heavy atom. The van der Waals surface area contributed by atoms with E-state index in [2.05, 4.69) is 80.3 Å². The molecule has 1 aliphatic rings. The van der Waals surface area contributed by atoms with Crippen molar-refractivity contribution in [3.05, 3.63) is 71.3 Å². The molecule has 1 aliphatic heterocycles. The van der Waals surface area contributed by atoms with Gasteiger partial charge in [0.05, 0.1) is 0 Å². The molecule has 3 rings (SSSR count). The van der Waals surface area contributed by atoms with Crippen molar-refractivity contribution in [1.29, 1.82) is 0 Å². The first-order chi connectivity index (χ1) is 10.6. The number of aryl methyl sites for hydroxylation is 1. The molecule has 0 saturated carbocycles. The highest BCUT2D eigenvalue weighted by molar-refractivity contribution is 5.41. The Bertz CT molecular complexity index is 590. The summed E-state index contributed by atoms with van der Waals surface area (Å²) in [5.41, 5.74) is 4.47. The molecule has 1 heteroatoms. The average molecular weight is 293 g/mol. The quantitative estimate of drug-likeness (QED) is 0.787. The number of piperidine rings is 1. The molecule has 1 saturated heterocycles. The second-order valence-electron chi connectivity index (χ2n) is 6.94. The second kappa shape index (κ2) is 6.26. The van der Waals surface area contributed by atoms with Gasteiger partial charge in [-0.05, 0) is 57.8 Å². The van der Waals surface area contributed by atoms with E-state index in [0.717, 1.165) is 0 Å². The number of rotatable bonds is 3.